The third-order valence-corrected chi connectivity index (χ3v) is 5.34. The molecule has 0 saturated carbocycles. The van der Waals surface area contributed by atoms with Gasteiger partial charge in [0.05, 0.1) is 15.7 Å². The molecule has 2 aromatic rings. The zero-order chi connectivity index (χ0) is 20.4. The van der Waals surface area contributed by atoms with Crippen LogP contribution in [0.25, 0.3) is 6.08 Å². The summed E-state index contributed by atoms with van der Waals surface area (Å²) in [6, 6.07) is 8.32. The van der Waals surface area contributed by atoms with E-state index in [9.17, 15) is 9.59 Å². The molecule has 0 atom stereocenters. The van der Waals surface area contributed by atoms with Gasteiger partial charge in [-0.05, 0) is 50.3 Å². The summed E-state index contributed by atoms with van der Waals surface area (Å²) in [6.45, 7) is 5.56. The van der Waals surface area contributed by atoms with Gasteiger partial charge in [0.1, 0.15) is 11.3 Å². The standard InChI is InChI=1S/C19H17Cl2N3O3S/c1-3-23(4-2)15-9-8-11(27-15)10-12-17(25)22-19(28)24(18(12)26)14-7-5-6-13(20)16(14)21/h5-10H,3-4H2,1-2H3,(H,22,25,28). The van der Waals surface area contributed by atoms with Gasteiger partial charge >= 0.3 is 0 Å². The fourth-order valence-corrected chi connectivity index (χ4v) is 3.46. The summed E-state index contributed by atoms with van der Waals surface area (Å²) in [5.74, 6) is -0.181. The number of rotatable bonds is 5. The highest BCUT2D eigenvalue weighted by Crippen LogP contribution is 2.34. The van der Waals surface area contributed by atoms with E-state index >= 15 is 0 Å². The van der Waals surface area contributed by atoms with Crippen LogP contribution in [0.3, 0.4) is 0 Å². The lowest BCUT2D eigenvalue weighted by atomic mass is 10.1. The van der Waals surface area contributed by atoms with Gasteiger partial charge in [0.25, 0.3) is 11.8 Å². The second kappa shape index (κ2) is 8.34. The van der Waals surface area contributed by atoms with Gasteiger partial charge in [-0.15, -0.1) is 0 Å². The maximum Gasteiger partial charge on any atom is 0.270 e. The molecule has 0 spiro atoms. The predicted octanol–water partition coefficient (Wildman–Crippen LogP) is 4.26. The van der Waals surface area contributed by atoms with Crippen molar-refractivity contribution in [2.45, 2.75) is 13.8 Å². The summed E-state index contributed by atoms with van der Waals surface area (Å²) in [5.41, 5.74) is 0.170. The highest BCUT2D eigenvalue weighted by atomic mass is 35.5. The van der Waals surface area contributed by atoms with Gasteiger partial charge < -0.3 is 9.32 Å². The minimum atomic E-state index is -0.612. The quantitative estimate of drug-likeness (QED) is 0.429. The topological polar surface area (TPSA) is 65.8 Å². The van der Waals surface area contributed by atoms with Gasteiger partial charge in [0.2, 0.25) is 0 Å². The first-order chi connectivity index (χ1) is 13.4. The molecule has 0 unspecified atom stereocenters. The van der Waals surface area contributed by atoms with E-state index in [-0.39, 0.29) is 20.7 Å². The number of furan rings is 1. The number of hydrogen-bond acceptors (Lipinski definition) is 5. The molecule has 1 N–H and O–H groups in total. The number of nitrogens with one attached hydrogen (secondary N) is 1. The molecule has 1 aliphatic heterocycles. The van der Waals surface area contributed by atoms with Crippen molar-refractivity contribution < 1.29 is 14.0 Å². The van der Waals surface area contributed by atoms with Crippen LogP contribution in [0, 0.1) is 0 Å². The fourth-order valence-electron chi connectivity index (χ4n) is 2.81. The van der Waals surface area contributed by atoms with Crippen LogP contribution < -0.4 is 15.1 Å². The molecular formula is C19H17Cl2N3O3S. The molecule has 0 aliphatic carbocycles. The predicted molar refractivity (Wildman–Crippen MR) is 115 cm³/mol. The van der Waals surface area contributed by atoms with E-state index in [1.54, 1.807) is 30.3 Å². The Kier molecular flexibility index (Phi) is 6.07. The van der Waals surface area contributed by atoms with Crippen molar-refractivity contribution in [3.05, 3.63) is 51.7 Å². The first-order valence-electron chi connectivity index (χ1n) is 8.57. The second-order valence-electron chi connectivity index (χ2n) is 5.88. The maximum atomic E-state index is 13.0. The number of hydrogen-bond donors (Lipinski definition) is 1. The lowest BCUT2D eigenvalue weighted by Gasteiger charge is -2.29. The third kappa shape index (κ3) is 3.78. The van der Waals surface area contributed by atoms with Crippen LogP contribution in [0.15, 0.2) is 40.3 Å². The lowest BCUT2D eigenvalue weighted by molar-refractivity contribution is -0.122. The average molecular weight is 438 g/mol. The summed E-state index contributed by atoms with van der Waals surface area (Å²) < 4.78 is 5.76. The van der Waals surface area contributed by atoms with Crippen molar-refractivity contribution in [2.75, 3.05) is 22.9 Å². The van der Waals surface area contributed by atoms with Crippen LogP contribution in [0.4, 0.5) is 11.6 Å². The highest BCUT2D eigenvalue weighted by molar-refractivity contribution is 7.80. The van der Waals surface area contributed by atoms with Gasteiger partial charge in [-0.2, -0.15) is 0 Å². The van der Waals surface area contributed by atoms with E-state index in [2.05, 4.69) is 5.32 Å². The van der Waals surface area contributed by atoms with E-state index < -0.39 is 11.8 Å². The number of carbonyl (C=O) groups is 2. The Balaban J connectivity index is 1.98. The van der Waals surface area contributed by atoms with Crippen LogP contribution in [0.5, 0.6) is 0 Å². The zero-order valence-electron chi connectivity index (χ0n) is 15.2. The van der Waals surface area contributed by atoms with Crippen molar-refractivity contribution in [2.24, 2.45) is 0 Å². The molecule has 1 aliphatic rings. The summed E-state index contributed by atoms with van der Waals surface area (Å²) in [7, 11) is 0. The Hall–Kier alpha value is -2.35. The SMILES string of the molecule is CCN(CC)c1ccc(C=C2C(=O)NC(=S)N(c3cccc(Cl)c3Cl)C2=O)o1. The van der Waals surface area contributed by atoms with Crippen molar-refractivity contribution in [1.29, 1.82) is 0 Å². The summed E-state index contributed by atoms with van der Waals surface area (Å²) in [5, 5.41) is 2.87. The monoisotopic (exact) mass is 437 g/mol. The van der Waals surface area contributed by atoms with Gasteiger partial charge in [-0.25, -0.2) is 0 Å². The molecule has 2 amide bonds. The van der Waals surface area contributed by atoms with Crippen molar-refractivity contribution in [3.63, 3.8) is 0 Å². The number of carbonyl (C=O) groups excluding carboxylic acids is 2. The number of thiocarbonyl (C=S) groups is 1. The van der Waals surface area contributed by atoms with Crippen molar-refractivity contribution in [3.8, 4) is 0 Å². The Morgan fingerprint density at radius 2 is 1.89 bits per heavy atom. The number of benzene rings is 1. The van der Waals surface area contributed by atoms with Crippen LogP contribution in [-0.2, 0) is 9.59 Å². The van der Waals surface area contributed by atoms with Crippen LogP contribution in [-0.4, -0.2) is 30.0 Å². The smallest absolute Gasteiger partial charge is 0.270 e. The minimum absolute atomic E-state index is 0.0698. The van der Waals surface area contributed by atoms with Gasteiger partial charge in [-0.3, -0.25) is 19.8 Å². The molecule has 1 aromatic carbocycles. The average Bonchev–Trinajstić information content (AvgIpc) is 3.11. The first-order valence-corrected chi connectivity index (χ1v) is 9.74. The highest BCUT2D eigenvalue weighted by Gasteiger charge is 2.36. The van der Waals surface area contributed by atoms with Crippen molar-refractivity contribution in [1.82, 2.24) is 5.32 Å². The number of nitrogens with zero attached hydrogens (tertiary/aromatic N) is 2. The third-order valence-electron chi connectivity index (χ3n) is 4.25. The Morgan fingerprint density at radius 3 is 2.57 bits per heavy atom. The van der Waals surface area contributed by atoms with Crippen LogP contribution >= 0.6 is 35.4 Å². The van der Waals surface area contributed by atoms with E-state index in [4.69, 9.17) is 39.8 Å². The molecule has 1 saturated heterocycles. The van der Waals surface area contributed by atoms with Gasteiger partial charge in [-0.1, -0.05) is 29.3 Å². The summed E-state index contributed by atoms with van der Waals surface area (Å²) >= 11 is 17.4. The van der Waals surface area contributed by atoms with Gasteiger partial charge in [0.15, 0.2) is 11.0 Å². The molecule has 0 bridgehead atoms. The fraction of sp³-hybridized carbons (Fsp3) is 0.211. The Labute approximate surface area is 177 Å². The van der Waals surface area contributed by atoms with E-state index in [1.165, 1.54) is 6.08 Å². The first kappa shape index (κ1) is 20.4. The molecule has 6 nitrogen and oxygen atoms in total. The molecule has 1 aromatic heterocycles. The molecule has 9 heteroatoms. The minimum Gasteiger partial charge on any atom is -0.441 e. The molecule has 28 heavy (non-hydrogen) atoms. The maximum absolute atomic E-state index is 13.0. The number of anilines is 2. The molecule has 3 rings (SSSR count). The van der Waals surface area contributed by atoms with E-state index in [1.807, 2.05) is 18.7 Å². The summed E-state index contributed by atoms with van der Waals surface area (Å²) in [4.78, 5) is 28.6. The number of amides is 2. The van der Waals surface area contributed by atoms with E-state index in [0.717, 1.165) is 18.0 Å². The van der Waals surface area contributed by atoms with Crippen LogP contribution in [0.2, 0.25) is 10.0 Å². The molecule has 146 valence electrons. The summed E-state index contributed by atoms with van der Waals surface area (Å²) in [6.07, 6.45) is 1.39. The Bertz CT molecular complexity index is 983. The Morgan fingerprint density at radius 1 is 1.18 bits per heavy atom. The van der Waals surface area contributed by atoms with Crippen LogP contribution in [0.1, 0.15) is 19.6 Å². The van der Waals surface area contributed by atoms with Gasteiger partial charge in [0, 0.05) is 19.2 Å². The van der Waals surface area contributed by atoms with E-state index in [0.29, 0.717) is 17.3 Å². The second-order valence-corrected chi connectivity index (χ2v) is 7.05. The zero-order valence-corrected chi connectivity index (χ0v) is 17.5. The molecular weight excluding hydrogens is 421 g/mol. The van der Waals surface area contributed by atoms with Crippen molar-refractivity contribution >= 4 is 70.0 Å². The number of halogens is 2. The normalized spacial score (nSPS) is 15.9. The largest absolute Gasteiger partial charge is 0.441 e. The molecule has 0 radical (unpaired) electrons. The lowest BCUT2D eigenvalue weighted by Crippen LogP contribution is -2.54. The molecule has 2 heterocycles. The molecule has 1 fully saturated rings.